The van der Waals surface area contributed by atoms with Crippen LogP contribution in [0.5, 0.6) is 0 Å². The normalized spacial score (nSPS) is 24.2. The second-order valence-electron chi connectivity index (χ2n) is 6.08. The van der Waals surface area contributed by atoms with Crippen molar-refractivity contribution in [2.24, 2.45) is 5.92 Å². The largest absolute Gasteiger partial charge is 0.490 e. The number of alkyl halides is 3. The van der Waals surface area contributed by atoms with Crippen LogP contribution in [0.1, 0.15) is 12.1 Å². The minimum absolute atomic E-state index is 0.511. The van der Waals surface area contributed by atoms with Gasteiger partial charge in [0, 0.05) is 51.5 Å². The number of hydrogen-bond donors (Lipinski definition) is 1. The van der Waals surface area contributed by atoms with E-state index in [1.807, 2.05) is 6.20 Å². The Labute approximate surface area is 143 Å². The van der Waals surface area contributed by atoms with Crippen LogP contribution < -0.4 is 0 Å². The van der Waals surface area contributed by atoms with E-state index < -0.39 is 12.1 Å². The zero-order valence-electron chi connectivity index (χ0n) is 13.9. The van der Waals surface area contributed by atoms with Gasteiger partial charge in [-0.05, 0) is 12.5 Å². The van der Waals surface area contributed by atoms with Crippen LogP contribution in [0.3, 0.4) is 0 Å². The number of carboxylic acid groups (broad SMARTS) is 1. The lowest BCUT2D eigenvalue weighted by Gasteiger charge is -2.28. The Morgan fingerprint density at radius 2 is 2.20 bits per heavy atom. The van der Waals surface area contributed by atoms with Crippen molar-refractivity contribution in [3.8, 4) is 0 Å². The van der Waals surface area contributed by atoms with Gasteiger partial charge in [-0.25, -0.2) is 4.79 Å². The maximum absolute atomic E-state index is 10.6. The third-order valence-electron chi connectivity index (χ3n) is 4.16. The van der Waals surface area contributed by atoms with Crippen LogP contribution >= 0.6 is 0 Å². The highest BCUT2D eigenvalue weighted by Crippen LogP contribution is 2.22. The van der Waals surface area contributed by atoms with E-state index in [1.165, 1.54) is 5.69 Å². The van der Waals surface area contributed by atoms with Crippen LogP contribution in [0.4, 0.5) is 13.2 Å². The van der Waals surface area contributed by atoms with Crippen molar-refractivity contribution in [1.82, 2.24) is 14.7 Å². The molecule has 0 spiro atoms. The topological polar surface area (TPSA) is 76.8 Å². The van der Waals surface area contributed by atoms with Crippen molar-refractivity contribution in [3.63, 3.8) is 0 Å². The van der Waals surface area contributed by atoms with Crippen molar-refractivity contribution in [3.05, 3.63) is 18.0 Å². The SMILES string of the molecule is COCC1CN(C2CCOC2)Cc2ccnn2C1.O=C(O)C(F)(F)F. The van der Waals surface area contributed by atoms with Crippen LogP contribution in [-0.4, -0.2) is 71.4 Å². The smallest absolute Gasteiger partial charge is 0.475 e. The molecule has 0 bridgehead atoms. The first-order valence-corrected chi connectivity index (χ1v) is 7.92. The second-order valence-corrected chi connectivity index (χ2v) is 6.08. The number of nitrogens with zero attached hydrogens (tertiary/aromatic N) is 3. The number of carboxylic acids is 1. The lowest BCUT2D eigenvalue weighted by molar-refractivity contribution is -0.192. The Morgan fingerprint density at radius 1 is 1.48 bits per heavy atom. The molecule has 0 aromatic carbocycles. The minimum Gasteiger partial charge on any atom is -0.475 e. The number of hydrogen-bond acceptors (Lipinski definition) is 5. The molecule has 2 atom stereocenters. The molecule has 10 heteroatoms. The third kappa shape index (κ3) is 5.68. The summed E-state index contributed by atoms with van der Waals surface area (Å²) in [5.41, 5.74) is 1.31. The molecule has 2 aliphatic heterocycles. The predicted molar refractivity (Wildman–Crippen MR) is 80.9 cm³/mol. The molecule has 0 amide bonds. The number of carbonyl (C=O) groups is 1. The first-order valence-electron chi connectivity index (χ1n) is 7.92. The standard InChI is InChI=1S/C13H21N3O2.C2HF3O2/c1-17-9-11-6-15(13-3-5-18-10-13)8-12-2-4-14-16(12)7-11;3-2(4,5)1(6)7/h2,4,11,13H,3,5-10H2,1H3;(H,6,7). The molecule has 3 rings (SSSR count). The lowest BCUT2D eigenvalue weighted by Crippen LogP contribution is -2.38. The summed E-state index contributed by atoms with van der Waals surface area (Å²) in [6.45, 7) is 5.58. The number of rotatable bonds is 3. The predicted octanol–water partition coefficient (Wildman–Crippen LogP) is 1.38. The summed E-state index contributed by atoms with van der Waals surface area (Å²) in [7, 11) is 1.78. The average molecular weight is 365 g/mol. The molecule has 1 N–H and O–H groups in total. The van der Waals surface area contributed by atoms with E-state index in [4.69, 9.17) is 19.4 Å². The van der Waals surface area contributed by atoms with Gasteiger partial charge in [0.05, 0.1) is 18.9 Å². The van der Waals surface area contributed by atoms with Gasteiger partial charge in [-0.1, -0.05) is 0 Å². The van der Waals surface area contributed by atoms with Gasteiger partial charge < -0.3 is 14.6 Å². The molecule has 3 heterocycles. The van der Waals surface area contributed by atoms with Crippen LogP contribution in [0.2, 0.25) is 0 Å². The molecule has 0 radical (unpaired) electrons. The minimum atomic E-state index is -5.08. The fraction of sp³-hybridized carbons (Fsp3) is 0.733. The summed E-state index contributed by atoms with van der Waals surface area (Å²) in [5.74, 6) is -2.25. The molecule has 7 nitrogen and oxygen atoms in total. The van der Waals surface area contributed by atoms with E-state index in [0.29, 0.717) is 12.0 Å². The van der Waals surface area contributed by atoms with Crippen LogP contribution in [0.15, 0.2) is 12.3 Å². The number of methoxy groups -OCH3 is 1. The molecule has 0 aliphatic carbocycles. The summed E-state index contributed by atoms with van der Waals surface area (Å²) in [4.78, 5) is 11.4. The van der Waals surface area contributed by atoms with Crippen molar-refractivity contribution in [2.75, 3.05) is 33.5 Å². The number of aliphatic carboxylic acids is 1. The molecule has 0 saturated carbocycles. The summed E-state index contributed by atoms with van der Waals surface area (Å²) in [6.07, 6.45) is -2.04. The summed E-state index contributed by atoms with van der Waals surface area (Å²) < 4.78 is 44.7. The van der Waals surface area contributed by atoms with E-state index in [2.05, 4.69) is 20.7 Å². The molecule has 1 saturated heterocycles. The van der Waals surface area contributed by atoms with Gasteiger partial charge in [-0.3, -0.25) is 9.58 Å². The summed E-state index contributed by atoms with van der Waals surface area (Å²) in [6, 6.07) is 2.68. The maximum Gasteiger partial charge on any atom is 0.490 e. The number of aromatic nitrogens is 2. The van der Waals surface area contributed by atoms with E-state index in [1.54, 1.807) is 7.11 Å². The zero-order valence-corrected chi connectivity index (χ0v) is 13.9. The van der Waals surface area contributed by atoms with E-state index in [0.717, 1.165) is 45.9 Å². The maximum atomic E-state index is 10.6. The molecule has 142 valence electrons. The molecule has 1 aromatic rings. The fourth-order valence-electron chi connectivity index (χ4n) is 2.99. The first-order chi connectivity index (χ1) is 11.8. The molecular formula is C15H22F3N3O4. The van der Waals surface area contributed by atoms with Gasteiger partial charge in [0.1, 0.15) is 0 Å². The Morgan fingerprint density at radius 3 is 2.76 bits per heavy atom. The number of fused-ring (bicyclic) bond motifs is 1. The van der Waals surface area contributed by atoms with Crippen molar-refractivity contribution >= 4 is 5.97 Å². The lowest BCUT2D eigenvalue weighted by atomic mass is 10.1. The molecular weight excluding hydrogens is 343 g/mol. The van der Waals surface area contributed by atoms with Gasteiger partial charge in [-0.2, -0.15) is 18.3 Å². The third-order valence-corrected chi connectivity index (χ3v) is 4.16. The second kappa shape index (κ2) is 8.63. The number of ether oxygens (including phenoxy) is 2. The van der Waals surface area contributed by atoms with E-state index in [9.17, 15) is 13.2 Å². The Balaban J connectivity index is 0.000000277. The molecule has 2 aliphatic rings. The van der Waals surface area contributed by atoms with Crippen molar-refractivity contribution in [2.45, 2.75) is 31.7 Å². The van der Waals surface area contributed by atoms with Crippen molar-refractivity contribution < 1.29 is 32.5 Å². The van der Waals surface area contributed by atoms with Crippen LogP contribution in [0, 0.1) is 5.92 Å². The number of halogens is 3. The van der Waals surface area contributed by atoms with Gasteiger partial charge in [0.25, 0.3) is 0 Å². The monoisotopic (exact) mass is 365 g/mol. The summed E-state index contributed by atoms with van der Waals surface area (Å²) in [5, 5.41) is 11.5. The van der Waals surface area contributed by atoms with E-state index >= 15 is 0 Å². The van der Waals surface area contributed by atoms with Gasteiger partial charge in [0.15, 0.2) is 0 Å². The van der Waals surface area contributed by atoms with Crippen LogP contribution in [-0.2, 0) is 27.4 Å². The average Bonchev–Trinajstić information content (AvgIpc) is 3.16. The molecule has 1 fully saturated rings. The highest BCUT2D eigenvalue weighted by atomic mass is 19.4. The molecule has 1 aromatic heterocycles. The Hall–Kier alpha value is -1.65. The van der Waals surface area contributed by atoms with Crippen molar-refractivity contribution in [1.29, 1.82) is 0 Å². The highest BCUT2D eigenvalue weighted by Gasteiger charge is 2.38. The first kappa shape index (κ1) is 19.7. The Kier molecular flexibility index (Phi) is 6.79. The zero-order chi connectivity index (χ0) is 18.4. The fourth-order valence-corrected chi connectivity index (χ4v) is 2.99. The Bertz CT molecular complexity index is 558. The van der Waals surface area contributed by atoms with E-state index in [-0.39, 0.29) is 0 Å². The van der Waals surface area contributed by atoms with Gasteiger partial charge in [0.2, 0.25) is 0 Å². The molecule has 25 heavy (non-hydrogen) atoms. The van der Waals surface area contributed by atoms with Gasteiger partial charge in [-0.15, -0.1) is 0 Å². The van der Waals surface area contributed by atoms with Gasteiger partial charge >= 0.3 is 12.1 Å². The van der Waals surface area contributed by atoms with Crippen LogP contribution in [0.25, 0.3) is 0 Å². The molecule has 2 unspecified atom stereocenters. The summed E-state index contributed by atoms with van der Waals surface area (Å²) >= 11 is 0. The highest BCUT2D eigenvalue weighted by molar-refractivity contribution is 5.73. The quantitative estimate of drug-likeness (QED) is 0.872.